The van der Waals surface area contributed by atoms with Crippen molar-refractivity contribution in [3.63, 3.8) is 0 Å². The van der Waals surface area contributed by atoms with Crippen molar-refractivity contribution in [2.24, 2.45) is 0 Å². The lowest BCUT2D eigenvalue weighted by atomic mass is 9.94. The van der Waals surface area contributed by atoms with E-state index in [1.54, 1.807) is 0 Å². The molecule has 0 unspecified atom stereocenters. The van der Waals surface area contributed by atoms with Gasteiger partial charge >= 0.3 is 0 Å². The molecular formula is C48H30N2O. The lowest BCUT2D eigenvalue weighted by Gasteiger charge is -2.28. The largest absolute Gasteiger partial charge is 0.454 e. The Hall–Kier alpha value is -6.84. The van der Waals surface area contributed by atoms with Crippen LogP contribution in [-0.2, 0) is 0 Å². The number of benzene rings is 9. The molecule has 0 aliphatic heterocycles. The molecule has 238 valence electrons. The van der Waals surface area contributed by atoms with Crippen LogP contribution in [0.2, 0.25) is 0 Å². The SMILES string of the molecule is c1ccc(-n2c3ccccc3c3c(N(c4cc5ccccc5c5c4ccc4ccccc45)c4cccc5c4oc4ccccc45)cccc32)cc1. The molecule has 0 bridgehead atoms. The average Bonchev–Trinajstić information content (AvgIpc) is 3.75. The van der Waals surface area contributed by atoms with Crippen molar-refractivity contribution >= 4 is 93.1 Å². The van der Waals surface area contributed by atoms with Gasteiger partial charge in [0.25, 0.3) is 0 Å². The number of furan rings is 1. The van der Waals surface area contributed by atoms with Gasteiger partial charge in [-0.2, -0.15) is 0 Å². The minimum Gasteiger partial charge on any atom is -0.454 e. The molecule has 0 aliphatic carbocycles. The normalized spacial score (nSPS) is 11.9. The quantitative estimate of drug-likeness (QED) is 0.177. The predicted octanol–water partition coefficient (Wildman–Crippen LogP) is 13.6. The molecular weight excluding hydrogens is 621 g/mol. The van der Waals surface area contributed by atoms with Crippen molar-refractivity contribution in [1.29, 1.82) is 0 Å². The molecule has 11 rings (SSSR count). The van der Waals surface area contributed by atoms with E-state index in [0.717, 1.165) is 50.2 Å². The highest BCUT2D eigenvalue weighted by Crippen LogP contribution is 2.50. The minimum atomic E-state index is 0.865. The number of fused-ring (bicyclic) bond motifs is 11. The van der Waals surface area contributed by atoms with E-state index < -0.39 is 0 Å². The van der Waals surface area contributed by atoms with E-state index in [4.69, 9.17) is 4.42 Å². The molecule has 3 heteroatoms. The second-order valence-electron chi connectivity index (χ2n) is 13.3. The van der Waals surface area contributed by atoms with Gasteiger partial charge in [-0.3, -0.25) is 0 Å². The van der Waals surface area contributed by atoms with Crippen LogP contribution in [0.15, 0.2) is 186 Å². The topological polar surface area (TPSA) is 21.3 Å². The van der Waals surface area contributed by atoms with Crippen LogP contribution in [0.3, 0.4) is 0 Å². The third-order valence-corrected chi connectivity index (χ3v) is 10.5. The molecule has 0 N–H and O–H groups in total. The fraction of sp³-hybridized carbons (Fsp3) is 0. The van der Waals surface area contributed by atoms with Gasteiger partial charge in [0.2, 0.25) is 0 Å². The minimum absolute atomic E-state index is 0.865. The van der Waals surface area contributed by atoms with Gasteiger partial charge in [0, 0.05) is 32.6 Å². The summed E-state index contributed by atoms with van der Waals surface area (Å²) in [5, 5.41) is 11.9. The van der Waals surface area contributed by atoms with Crippen LogP contribution in [0.5, 0.6) is 0 Å². The van der Waals surface area contributed by atoms with Crippen LogP contribution in [0.4, 0.5) is 17.1 Å². The van der Waals surface area contributed by atoms with E-state index in [0.29, 0.717) is 0 Å². The fourth-order valence-corrected chi connectivity index (χ4v) is 8.38. The first-order valence-electron chi connectivity index (χ1n) is 17.4. The number of hydrogen-bond donors (Lipinski definition) is 0. The van der Waals surface area contributed by atoms with E-state index in [9.17, 15) is 0 Å². The number of aromatic nitrogens is 1. The summed E-state index contributed by atoms with van der Waals surface area (Å²) in [5.41, 5.74) is 8.40. The Morgan fingerprint density at radius 3 is 1.86 bits per heavy atom. The number of rotatable bonds is 4. The molecule has 0 aliphatic rings. The Balaban J connectivity index is 1.34. The van der Waals surface area contributed by atoms with Crippen LogP contribution in [0.25, 0.3) is 81.7 Å². The van der Waals surface area contributed by atoms with Gasteiger partial charge in [-0.1, -0.05) is 133 Å². The Bertz CT molecular complexity index is 3130. The van der Waals surface area contributed by atoms with Crippen molar-refractivity contribution in [1.82, 2.24) is 4.57 Å². The van der Waals surface area contributed by atoms with Crippen LogP contribution in [0, 0.1) is 0 Å². The second-order valence-corrected chi connectivity index (χ2v) is 13.3. The lowest BCUT2D eigenvalue weighted by Crippen LogP contribution is -2.11. The molecule has 0 amide bonds. The maximum atomic E-state index is 6.80. The highest BCUT2D eigenvalue weighted by molar-refractivity contribution is 6.26. The van der Waals surface area contributed by atoms with Gasteiger partial charge in [0.1, 0.15) is 5.58 Å². The van der Waals surface area contributed by atoms with Crippen LogP contribution in [-0.4, -0.2) is 4.57 Å². The van der Waals surface area contributed by atoms with Crippen LogP contribution in [0.1, 0.15) is 0 Å². The highest BCUT2D eigenvalue weighted by atomic mass is 16.3. The predicted molar refractivity (Wildman–Crippen MR) is 215 cm³/mol. The molecule has 0 spiro atoms. The summed E-state index contributed by atoms with van der Waals surface area (Å²) in [7, 11) is 0. The van der Waals surface area contributed by atoms with Crippen molar-refractivity contribution in [2.45, 2.75) is 0 Å². The maximum Gasteiger partial charge on any atom is 0.159 e. The van der Waals surface area contributed by atoms with E-state index in [-0.39, 0.29) is 0 Å². The summed E-state index contributed by atoms with van der Waals surface area (Å²) in [5.74, 6) is 0. The van der Waals surface area contributed by atoms with E-state index in [2.05, 4.69) is 185 Å². The maximum absolute atomic E-state index is 6.80. The van der Waals surface area contributed by atoms with Crippen LogP contribution < -0.4 is 4.90 Å². The molecule has 3 nitrogen and oxygen atoms in total. The van der Waals surface area contributed by atoms with Gasteiger partial charge in [-0.05, 0) is 75.5 Å². The summed E-state index contributed by atoms with van der Waals surface area (Å²) in [6.07, 6.45) is 0. The van der Waals surface area contributed by atoms with E-state index in [1.807, 2.05) is 6.07 Å². The average molecular weight is 651 g/mol. The van der Waals surface area contributed by atoms with Crippen molar-refractivity contribution < 1.29 is 4.42 Å². The molecule has 51 heavy (non-hydrogen) atoms. The van der Waals surface area contributed by atoms with Gasteiger partial charge in [-0.25, -0.2) is 0 Å². The molecule has 9 aromatic carbocycles. The molecule has 2 heterocycles. The molecule has 2 aromatic heterocycles. The first-order valence-corrected chi connectivity index (χ1v) is 17.4. The molecule has 0 atom stereocenters. The standard InChI is InChI=1S/C48H30N2O/c1-2-16-33(17-3-1)49-40-23-10-8-21-38(40)47-41(49)24-13-25-42(47)50(43-26-12-22-37-36-20-9-11-27-45(36)51-48(37)43)44-30-32-15-5-7-19-35(32)46-34-18-6-4-14-31(34)28-29-39(44)46/h1-30H. The number of para-hydroxylation sites is 4. The first kappa shape index (κ1) is 28.0. The number of hydrogen-bond acceptors (Lipinski definition) is 2. The van der Waals surface area contributed by atoms with E-state index >= 15 is 0 Å². The summed E-state index contributed by atoms with van der Waals surface area (Å²) in [4.78, 5) is 2.46. The summed E-state index contributed by atoms with van der Waals surface area (Å²) in [6, 6.07) is 65.5. The zero-order chi connectivity index (χ0) is 33.5. The Morgan fingerprint density at radius 2 is 1.00 bits per heavy atom. The molecule has 0 saturated heterocycles. The number of anilines is 3. The zero-order valence-corrected chi connectivity index (χ0v) is 27.6. The summed E-state index contributed by atoms with van der Waals surface area (Å²) >= 11 is 0. The Kier molecular flexibility index (Phi) is 5.96. The van der Waals surface area contributed by atoms with Crippen LogP contribution >= 0.6 is 0 Å². The zero-order valence-electron chi connectivity index (χ0n) is 27.6. The smallest absolute Gasteiger partial charge is 0.159 e. The second kappa shape index (κ2) is 10.8. The van der Waals surface area contributed by atoms with Gasteiger partial charge < -0.3 is 13.9 Å². The molecule has 0 fully saturated rings. The van der Waals surface area contributed by atoms with Gasteiger partial charge in [0.05, 0.1) is 28.1 Å². The third kappa shape index (κ3) is 4.06. The summed E-state index contributed by atoms with van der Waals surface area (Å²) in [6.45, 7) is 0. The highest BCUT2D eigenvalue weighted by Gasteiger charge is 2.26. The monoisotopic (exact) mass is 650 g/mol. The number of nitrogens with zero attached hydrogens (tertiary/aromatic N) is 2. The third-order valence-electron chi connectivity index (χ3n) is 10.5. The van der Waals surface area contributed by atoms with Crippen molar-refractivity contribution in [2.75, 3.05) is 4.90 Å². The van der Waals surface area contributed by atoms with Crippen molar-refractivity contribution in [3.05, 3.63) is 182 Å². The molecule has 11 aromatic rings. The van der Waals surface area contributed by atoms with E-state index in [1.165, 1.54) is 48.6 Å². The summed E-state index contributed by atoms with van der Waals surface area (Å²) < 4.78 is 9.19. The van der Waals surface area contributed by atoms with Gasteiger partial charge in [-0.15, -0.1) is 0 Å². The fourth-order valence-electron chi connectivity index (χ4n) is 8.38. The van der Waals surface area contributed by atoms with Gasteiger partial charge in [0.15, 0.2) is 5.58 Å². The Labute approximate surface area is 293 Å². The first-order chi connectivity index (χ1) is 25.3. The molecule has 0 radical (unpaired) electrons. The lowest BCUT2D eigenvalue weighted by molar-refractivity contribution is 0.669. The Morgan fingerprint density at radius 1 is 0.373 bits per heavy atom. The molecule has 0 saturated carbocycles. The van der Waals surface area contributed by atoms with Crippen molar-refractivity contribution in [3.8, 4) is 5.69 Å².